The van der Waals surface area contributed by atoms with Crippen molar-refractivity contribution in [3.63, 3.8) is 0 Å². The van der Waals surface area contributed by atoms with Gasteiger partial charge in [-0.2, -0.15) is 0 Å². The maximum atomic E-state index is 12.2. The molecule has 0 bridgehead atoms. The summed E-state index contributed by atoms with van der Waals surface area (Å²) in [5.41, 5.74) is 0. The third kappa shape index (κ3) is 3.93. The van der Waals surface area contributed by atoms with E-state index in [-0.39, 0.29) is 5.91 Å². The normalized spacial score (nSPS) is 18.9. The van der Waals surface area contributed by atoms with E-state index in [0.717, 1.165) is 64.0 Å². The van der Waals surface area contributed by atoms with Crippen LogP contribution in [0.15, 0.2) is 23.5 Å². The number of likely N-dealkylation sites (tertiary alicyclic amines) is 1. The highest BCUT2D eigenvalue weighted by molar-refractivity contribution is 5.86. The number of carbonyl (C=O) groups is 1. The Morgan fingerprint density at radius 3 is 2.38 bits per heavy atom. The number of rotatable bonds is 3. The molecule has 1 amide bonds. The minimum absolute atomic E-state index is 0.157. The van der Waals surface area contributed by atoms with Crippen LogP contribution >= 0.6 is 0 Å². The number of carbonyl (C=O) groups excluding carboxylic acids is 1. The lowest BCUT2D eigenvalue weighted by Crippen LogP contribution is -2.54. The number of guanidine groups is 1. The molecule has 0 aliphatic carbocycles. The van der Waals surface area contributed by atoms with Crippen LogP contribution < -0.4 is 10.2 Å². The van der Waals surface area contributed by atoms with Crippen LogP contribution in [0.25, 0.3) is 0 Å². The second kappa shape index (κ2) is 7.94. The third-order valence-corrected chi connectivity index (χ3v) is 4.48. The van der Waals surface area contributed by atoms with Crippen LogP contribution in [0.5, 0.6) is 0 Å². The third-order valence-electron chi connectivity index (χ3n) is 4.48. The maximum Gasteiger partial charge on any atom is 0.241 e. The average molecular weight is 331 g/mol. The van der Waals surface area contributed by atoms with E-state index in [1.807, 2.05) is 11.0 Å². The van der Waals surface area contributed by atoms with Crippen LogP contribution in [0.4, 0.5) is 5.95 Å². The van der Waals surface area contributed by atoms with Gasteiger partial charge in [-0.1, -0.05) is 0 Å². The number of amides is 1. The van der Waals surface area contributed by atoms with Gasteiger partial charge in [0.15, 0.2) is 5.96 Å². The van der Waals surface area contributed by atoms with Crippen molar-refractivity contribution in [3.8, 4) is 0 Å². The van der Waals surface area contributed by atoms with Crippen molar-refractivity contribution in [2.75, 3.05) is 57.8 Å². The molecule has 8 heteroatoms. The summed E-state index contributed by atoms with van der Waals surface area (Å²) in [6, 6.07) is 1.82. The van der Waals surface area contributed by atoms with Crippen LogP contribution in [-0.4, -0.2) is 84.5 Å². The molecule has 0 atom stereocenters. The van der Waals surface area contributed by atoms with Crippen molar-refractivity contribution in [2.24, 2.45) is 4.99 Å². The zero-order chi connectivity index (χ0) is 16.8. The SMILES string of the molecule is CN=C(NCC(=O)N1CCCC1)N1CCN(c2ncccn2)CC1. The topological polar surface area (TPSA) is 77.0 Å². The Morgan fingerprint density at radius 1 is 1.08 bits per heavy atom. The van der Waals surface area contributed by atoms with E-state index < -0.39 is 0 Å². The summed E-state index contributed by atoms with van der Waals surface area (Å²) in [6.45, 7) is 5.42. The largest absolute Gasteiger partial charge is 0.347 e. The lowest BCUT2D eigenvalue weighted by molar-refractivity contribution is -0.128. The smallest absolute Gasteiger partial charge is 0.241 e. The molecule has 0 aromatic carbocycles. The maximum absolute atomic E-state index is 12.2. The molecule has 0 spiro atoms. The number of nitrogens with one attached hydrogen (secondary N) is 1. The molecule has 2 aliphatic rings. The number of hydrogen-bond acceptors (Lipinski definition) is 5. The van der Waals surface area contributed by atoms with Gasteiger partial charge in [0.2, 0.25) is 11.9 Å². The summed E-state index contributed by atoms with van der Waals surface area (Å²) in [6.07, 6.45) is 5.76. The molecule has 0 unspecified atom stereocenters. The predicted molar refractivity (Wildman–Crippen MR) is 93.0 cm³/mol. The number of hydrogen-bond donors (Lipinski definition) is 1. The van der Waals surface area contributed by atoms with Crippen molar-refractivity contribution in [1.29, 1.82) is 0 Å². The van der Waals surface area contributed by atoms with Gasteiger partial charge in [0.05, 0.1) is 6.54 Å². The van der Waals surface area contributed by atoms with Gasteiger partial charge >= 0.3 is 0 Å². The van der Waals surface area contributed by atoms with Gasteiger partial charge in [-0.05, 0) is 18.9 Å². The summed E-state index contributed by atoms with van der Waals surface area (Å²) in [4.78, 5) is 31.3. The first-order valence-electron chi connectivity index (χ1n) is 8.53. The zero-order valence-corrected chi connectivity index (χ0v) is 14.2. The Labute approximate surface area is 142 Å². The van der Waals surface area contributed by atoms with E-state index in [1.54, 1.807) is 19.4 Å². The molecule has 1 aromatic heterocycles. The van der Waals surface area contributed by atoms with Crippen molar-refractivity contribution in [1.82, 2.24) is 25.1 Å². The summed E-state index contributed by atoms with van der Waals surface area (Å²) < 4.78 is 0. The number of nitrogens with zero attached hydrogens (tertiary/aromatic N) is 6. The predicted octanol–water partition coefficient (Wildman–Crippen LogP) is -0.204. The van der Waals surface area contributed by atoms with Gasteiger partial charge in [0.1, 0.15) is 0 Å². The van der Waals surface area contributed by atoms with E-state index in [2.05, 4.69) is 30.1 Å². The molecule has 3 rings (SSSR count). The molecule has 130 valence electrons. The molecule has 2 saturated heterocycles. The van der Waals surface area contributed by atoms with Crippen LogP contribution in [0.3, 0.4) is 0 Å². The minimum atomic E-state index is 0.157. The van der Waals surface area contributed by atoms with Gasteiger partial charge in [0, 0.05) is 58.7 Å². The Hall–Kier alpha value is -2.38. The summed E-state index contributed by atoms with van der Waals surface area (Å²) in [5, 5.41) is 3.21. The Kier molecular flexibility index (Phi) is 5.45. The fourth-order valence-electron chi connectivity index (χ4n) is 3.14. The standard InChI is InChI=1S/C16H25N7O/c1-17-15(20-13-14(24)21-7-2-3-8-21)22-9-11-23(12-10-22)16-18-5-4-6-19-16/h4-6H,2-3,7-13H2,1H3,(H,17,20). The second-order valence-corrected chi connectivity index (χ2v) is 6.01. The molecule has 24 heavy (non-hydrogen) atoms. The van der Waals surface area contributed by atoms with E-state index in [4.69, 9.17) is 0 Å². The van der Waals surface area contributed by atoms with Crippen LogP contribution in [0.2, 0.25) is 0 Å². The fraction of sp³-hybridized carbons (Fsp3) is 0.625. The molecule has 1 N–H and O–H groups in total. The van der Waals surface area contributed by atoms with Gasteiger partial charge in [0.25, 0.3) is 0 Å². The Bertz CT molecular complexity index is 563. The van der Waals surface area contributed by atoms with Crippen LogP contribution in [0.1, 0.15) is 12.8 Å². The van der Waals surface area contributed by atoms with Crippen molar-refractivity contribution in [2.45, 2.75) is 12.8 Å². The van der Waals surface area contributed by atoms with Crippen molar-refractivity contribution < 1.29 is 4.79 Å². The van der Waals surface area contributed by atoms with Crippen LogP contribution in [-0.2, 0) is 4.79 Å². The van der Waals surface area contributed by atoms with E-state index in [1.165, 1.54) is 0 Å². The molecule has 8 nitrogen and oxygen atoms in total. The molecule has 2 fully saturated rings. The van der Waals surface area contributed by atoms with Gasteiger partial charge in [-0.15, -0.1) is 0 Å². The molecule has 0 radical (unpaired) electrons. The summed E-state index contributed by atoms with van der Waals surface area (Å²) >= 11 is 0. The van der Waals surface area contributed by atoms with E-state index in [0.29, 0.717) is 6.54 Å². The van der Waals surface area contributed by atoms with Crippen molar-refractivity contribution in [3.05, 3.63) is 18.5 Å². The van der Waals surface area contributed by atoms with Gasteiger partial charge in [-0.3, -0.25) is 9.79 Å². The first-order valence-corrected chi connectivity index (χ1v) is 8.53. The van der Waals surface area contributed by atoms with Crippen LogP contribution in [0, 0.1) is 0 Å². The minimum Gasteiger partial charge on any atom is -0.347 e. The fourth-order valence-corrected chi connectivity index (χ4v) is 3.14. The number of aliphatic imine (C=N–C) groups is 1. The zero-order valence-electron chi connectivity index (χ0n) is 14.2. The van der Waals surface area contributed by atoms with Gasteiger partial charge in [-0.25, -0.2) is 9.97 Å². The number of anilines is 1. The first kappa shape index (κ1) is 16.5. The van der Waals surface area contributed by atoms with E-state index >= 15 is 0 Å². The number of aromatic nitrogens is 2. The van der Waals surface area contributed by atoms with Crippen molar-refractivity contribution >= 4 is 17.8 Å². The summed E-state index contributed by atoms with van der Waals surface area (Å²) in [5.74, 6) is 1.71. The second-order valence-electron chi connectivity index (χ2n) is 6.01. The monoisotopic (exact) mass is 331 g/mol. The molecular weight excluding hydrogens is 306 g/mol. The highest BCUT2D eigenvalue weighted by Gasteiger charge is 2.22. The Balaban J connectivity index is 1.48. The molecule has 1 aromatic rings. The summed E-state index contributed by atoms with van der Waals surface area (Å²) in [7, 11) is 1.76. The lowest BCUT2D eigenvalue weighted by Gasteiger charge is -2.36. The quantitative estimate of drug-likeness (QED) is 0.610. The molecule has 0 saturated carbocycles. The molecule has 2 aliphatic heterocycles. The average Bonchev–Trinajstić information content (AvgIpc) is 3.18. The lowest BCUT2D eigenvalue weighted by atomic mass is 10.3. The molecule has 3 heterocycles. The highest BCUT2D eigenvalue weighted by atomic mass is 16.2. The molecular formula is C16H25N7O. The number of piperazine rings is 1. The first-order chi connectivity index (χ1) is 11.8. The highest BCUT2D eigenvalue weighted by Crippen LogP contribution is 2.10. The van der Waals surface area contributed by atoms with Gasteiger partial charge < -0.3 is 20.0 Å². The Morgan fingerprint density at radius 2 is 1.75 bits per heavy atom. The van der Waals surface area contributed by atoms with E-state index in [9.17, 15) is 4.79 Å².